The normalized spacial score (nSPS) is 25.6. The molecule has 114 valence electrons. The van der Waals surface area contributed by atoms with Crippen LogP contribution in [0.2, 0.25) is 0 Å². The van der Waals surface area contributed by atoms with E-state index in [2.05, 4.69) is 29.2 Å². The maximum atomic E-state index is 11.5. The Bertz CT molecular complexity index is 597. The Labute approximate surface area is 122 Å². The van der Waals surface area contributed by atoms with E-state index in [-0.39, 0.29) is 11.7 Å². The van der Waals surface area contributed by atoms with Crippen molar-refractivity contribution in [1.29, 1.82) is 0 Å². The van der Waals surface area contributed by atoms with Crippen molar-refractivity contribution in [3.8, 4) is 0 Å². The molecule has 0 saturated carbocycles. The number of amides is 2. The topological polar surface area (TPSA) is 102 Å². The van der Waals surface area contributed by atoms with E-state index in [0.29, 0.717) is 26.2 Å². The fourth-order valence-electron chi connectivity index (χ4n) is 2.86. The maximum Gasteiger partial charge on any atom is 0.407 e. The summed E-state index contributed by atoms with van der Waals surface area (Å²) in [6, 6.07) is 2.01. The second kappa shape index (κ2) is 4.73. The Morgan fingerprint density at radius 2 is 2.29 bits per heavy atom. The Hall–Kier alpha value is -2.09. The van der Waals surface area contributed by atoms with Gasteiger partial charge in [-0.3, -0.25) is 14.4 Å². The van der Waals surface area contributed by atoms with Crippen molar-refractivity contribution < 1.29 is 14.3 Å². The maximum absolute atomic E-state index is 11.5. The molecule has 0 radical (unpaired) electrons. The summed E-state index contributed by atoms with van der Waals surface area (Å²) < 4.78 is 6.84. The summed E-state index contributed by atoms with van der Waals surface area (Å²) in [7, 11) is 0. The minimum absolute atomic E-state index is 0.246. The molecule has 21 heavy (non-hydrogen) atoms. The summed E-state index contributed by atoms with van der Waals surface area (Å²) in [5, 5.41) is 7.15. The standard InChI is InChI=1S/C13H19N5O3/c1-8(2)17-4-9-3-10(11(14)19)16-18(9)6-13(5-17)7-21-12(20)15-13/h3,8H,4-7H2,1-2H3,(H2,14,19)(H,15,20). The van der Waals surface area contributed by atoms with Crippen LogP contribution in [0, 0.1) is 0 Å². The highest BCUT2D eigenvalue weighted by Gasteiger charge is 2.44. The van der Waals surface area contributed by atoms with Crippen LogP contribution in [-0.2, 0) is 17.8 Å². The number of nitrogens with zero attached hydrogens (tertiary/aromatic N) is 3. The van der Waals surface area contributed by atoms with Gasteiger partial charge in [-0.15, -0.1) is 0 Å². The van der Waals surface area contributed by atoms with Crippen LogP contribution in [0.5, 0.6) is 0 Å². The minimum atomic E-state index is -0.549. The molecule has 8 nitrogen and oxygen atoms in total. The van der Waals surface area contributed by atoms with Gasteiger partial charge in [0.1, 0.15) is 17.8 Å². The summed E-state index contributed by atoms with van der Waals surface area (Å²) >= 11 is 0. The van der Waals surface area contributed by atoms with Gasteiger partial charge in [-0.2, -0.15) is 5.10 Å². The molecule has 3 heterocycles. The molecule has 1 aromatic rings. The molecule has 0 aromatic carbocycles. The van der Waals surface area contributed by atoms with E-state index in [0.717, 1.165) is 5.69 Å². The van der Waals surface area contributed by atoms with E-state index in [1.807, 2.05) is 0 Å². The van der Waals surface area contributed by atoms with E-state index >= 15 is 0 Å². The van der Waals surface area contributed by atoms with E-state index in [4.69, 9.17) is 10.5 Å². The third-order valence-corrected chi connectivity index (χ3v) is 4.02. The van der Waals surface area contributed by atoms with Gasteiger partial charge in [0.25, 0.3) is 5.91 Å². The number of primary amides is 1. The summed E-state index contributed by atoms with van der Waals surface area (Å²) in [4.78, 5) is 25.0. The van der Waals surface area contributed by atoms with Gasteiger partial charge in [0, 0.05) is 19.1 Å². The molecular formula is C13H19N5O3. The molecule has 3 N–H and O–H groups in total. The van der Waals surface area contributed by atoms with Crippen LogP contribution in [0.4, 0.5) is 4.79 Å². The molecule has 3 rings (SSSR count). The highest BCUT2D eigenvalue weighted by atomic mass is 16.6. The zero-order valence-electron chi connectivity index (χ0n) is 12.1. The molecule has 0 aliphatic carbocycles. The molecule has 2 amide bonds. The number of nitrogens with two attached hydrogens (primary N) is 1. The van der Waals surface area contributed by atoms with E-state index in [1.165, 1.54) is 0 Å². The zero-order valence-corrected chi connectivity index (χ0v) is 12.1. The molecular weight excluding hydrogens is 274 g/mol. The lowest BCUT2D eigenvalue weighted by Crippen LogP contribution is -2.54. The highest BCUT2D eigenvalue weighted by molar-refractivity contribution is 5.90. The predicted molar refractivity (Wildman–Crippen MR) is 73.5 cm³/mol. The number of alkyl carbamates (subject to hydrolysis) is 1. The van der Waals surface area contributed by atoms with Gasteiger partial charge in [0.05, 0.1) is 12.2 Å². The van der Waals surface area contributed by atoms with Crippen molar-refractivity contribution in [3.63, 3.8) is 0 Å². The number of fused-ring (bicyclic) bond motifs is 1. The van der Waals surface area contributed by atoms with Gasteiger partial charge in [0.15, 0.2) is 0 Å². The predicted octanol–water partition coefficient (Wildman–Crippen LogP) is -0.315. The van der Waals surface area contributed by atoms with Gasteiger partial charge in [0.2, 0.25) is 0 Å². The van der Waals surface area contributed by atoms with Crippen LogP contribution < -0.4 is 11.1 Å². The molecule has 1 fully saturated rings. The van der Waals surface area contributed by atoms with Crippen LogP contribution >= 0.6 is 0 Å². The fourth-order valence-corrected chi connectivity index (χ4v) is 2.86. The highest BCUT2D eigenvalue weighted by Crippen LogP contribution is 2.25. The molecule has 8 heteroatoms. The number of cyclic esters (lactones) is 1. The first-order valence-corrected chi connectivity index (χ1v) is 6.94. The van der Waals surface area contributed by atoms with Gasteiger partial charge < -0.3 is 15.8 Å². The average Bonchev–Trinajstić information content (AvgIpc) is 2.90. The average molecular weight is 293 g/mol. The van der Waals surface area contributed by atoms with E-state index in [1.54, 1.807) is 10.7 Å². The van der Waals surface area contributed by atoms with Gasteiger partial charge in [-0.1, -0.05) is 0 Å². The van der Waals surface area contributed by atoms with Gasteiger partial charge in [-0.05, 0) is 19.9 Å². The number of hydrogen-bond acceptors (Lipinski definition) is 5. The Morgan fingerprint density at radius 1 is 1.52 bits per heavy atom. The summed E-state index contributed by atoms with van der Waals surface area (Å²) in [5.41, 5.74) is 5.94. The first-order chi connectivity index (χ1) is 9.88. The van der Waals surface area contributed by atoms with Crippen LogP contribution in [0.3, 0.4) is 0 Å². The molecule has 2 aliphatic rings. The van der Waals surface area contributed by atoms with Crippen LogP contribution in [0.1, 0.15) is 30.0 Å². The number of rotatable bonds is 2. The number of aromatic nitrogens is 2. The Morgan fingerprint density at radius 3 is 2.86 bits per heavy atom. The van der Waals surface area contributed by atoms with E-state index < -0.39 is 17.5 Å². The number of nitrogens with one attached hydrogen (secondary N) is 1. The first kappa shape index (κ1) is 13.9. The number of hydrogen-bond donors (Lipinski definition) is 2. The molecule has 1 spiro atoms. The monoisotopic (exact) mass is 293 g/mol. The van der Waals surface area contributed by atoms with Crippen molar-refractivity contribution in [1.82, 2.24) is 20.0 Å². The van der Waals surface area contributed by atoms with Gasteiger partial charge >= 0.3 is 6.09 Å². The second-order valence-electron chi connectivity index (χ2n) is 6.02. The second-order valence-corrected chi connectivity index (χ2v) is 6.02. The molecule has 1 aromatic heterocycles. The van der Waals surface area contributed by atoms with Crippen molar-refractivity contribution >= 4 is 12.0 Å². The van der Waals surface area contributed by atoms with Crippen molar-refractivity contribution in [2.75, 3.05) is 13.2 Å². The molecule has 2 aliphatic heterocycles. The smallest absolute Gasteiger partial charge is 0.407 e. The van der Waals surface area contributed by atoms with Crippen molar-refractivity contribution in [2.24, 2.45) is 5.73 Å². The Balaban J connectivity index is 1.99. The van der Waals surface area contributed by atoms with Crippen LogP contribution in [0.15, 0.2) is 6.07 Å². The number of carbonyl (C=O) groups excluding carboxylic acids is 2. The molecule has 1 unspecified atom stereocenters. The summed E-state index contributed by atoms with van der Waals surface area (Å²) in [6.45, 7) is 6.25. The van der Waals surface area contributed by atoms with Crippen molar-refractivity contribution in [3.05, 3.63) is 17.5 Å². The fraction of sp³-hybridized carbons (Fsp3) is 0.615. The van der Waals surface area contributed by atoms with Gasteiger partial charge in [-0.25, -0.2) is 4.79 Å². The third kappa shape index (κ3) is 2.46. The lowest BCUT2D eigenvalue weighted by Gasteiger charge is -2.32. The minimum Gasteiger partial charge on any atom is -0.447 e. The molecule has 0 bridgehead atoms. The summed E-state index contributed by atoms with van der Waals surface area (Å²) in [6.07, 6.45) is -0.413. The Kier molecular flexibility index (Phi) is 3.12. The first-order valence-electron chi connectivity index (χ1n) is 6.94. The largest absolute Gasteiger partial charge is 0.447 e. The lowest BCUT2D eigenvalue weighted by molar-refractivity contribution is 0.0993. The van der Waals surface area contributed by atoms with E-state index in [9.17, 15) is 9.59 Å². The molecule has 1 atom stereocenters. The third-order valence-electron chi connectivity index (χ3n) is 4.02. The quantitative estimate of drug-likeness (QED) is 0.778. The number of ether oxygens (including phenoxy) is 1. The SMILES string of the molecule is CC(C)N1Cc2cc(C(N)=O)nn2CC2(COC(=O)N2)C1. The summed E-state index contributed by atoms with van der Waals surface area (Å²) in [5.74, 6) is -0.549. The van der Waals surface area contributed by atoms with Crippen molar-refractivity contribution in [2.45, 2.75) is 38.5 Å². The lowest BCUT2D eigenvalue weighted by atomic mass is 10.0. The zero-order chi connectivity index (χ0) is 15.2. The van der Waals surface area contributed by atoms with Crippen LogP contribution in [-0.4, -0.2) is 51.4 Å². The molecule has 1 saturated heterocycles. The van der Waals surface area contributed by atoms with Crippen LogP contribution in [0.25, 0.3) is 0 Å². The number of carbonyl (C=O) groups is 2.